The molecule has 19 heavy (non-hydrogen) atoms. The first kappa shape index (κ1) is 16.4. The Morgan fingerprint density at radius 2 is 2.11 bits per heavy atom. The normalized spacial score (nSPS) is 12.2. The van der Waals surface area contributed by atoms with E-state index >= 15 is 0 Å². The standard InChI is InChI=1S/C14H27N3OS/c1-11(2)17(7-8-18-6)13-15-9-12(19-13)10-16-14(3,4)5/h9,11,16H,7-8,10H2,1-6H3. The Bertz CT molecular complexity index is 371. The quantitative estimate of drug-likeness (QED) is 0.836. The monoisotopic (exact) mass is 285 g/mol. The number of nitrogens with one attached hydrogen (secondary N) is 1. The zero-order valence-electron chi connectivity index (χ0n) is 13.0. The van der Waals surface area contributed by atoms with Crippen molar-refractivity contribution in [2.75, 3.05) is 25.2 Å². The van der Waals surface area contributed by atoms with Gasteiger partial charge in [0.1, 0.15) is 0 Å². The molecule has 5 heteroatoms. The van der Waals surface area contributed by atoms with Gasteiger partial charge in [-0.25, -0.2) is 4.98 Å². The van der Waals surface area contributed by atoms with E-state index in [1.807, 2.05) is 6.20 Å². The van der Waals surface area contributed by atoms with Gasteiger partial charge in [-0.2, -0.15) is 0 Å². The van der Waals surface area contributed by atoms with Crippen LogP contribution in [0.15, 0.2) is 6.20 Å². The van der Waals surface area contributed by atoms with E-state index in [0.717, 1.165) is 24.8 Å². The molecule has 0 saturated heterocycles. The highest BCUT2D eigenvalue weighted by Gasteiger charge is 2.15. The first-order chi connectivity index (χ1) is 8.83. The second-order valence-corrected chi connectivity index (χ2v) is 7.09. The lowest BCUT2D eigenvalue weighted by Crippen LogP contribution is -2.34. The van der Waals surface area contributed by atoms with Crippen molar-refractivity contribution in [2.24, 2.45) is 0 Å². The van der Waals surface area contributed by atoms with Crippen LogP contribution in [-0.2, 0) is 11.3 Å². The zero-order valence-corrected chi connectivity index (χ0v) is 13.8. The molecule has 1 N–H and O–H groups in total. The molecule has 0 aliphatic heterocycles. The summed E-state index contributed by atoms with van der Waals surface area (Å²) in [5.74, 6) is 0. The van der Waals surface area contributed by atoms with Crippen LogP contribution in [0.3, 0.4) is 0 Å². The molecule has 0 aliphatic carbocycles. The van der Waals surface area contributed by atoms with Gasteiger partial charge in [-0.1, -0.05) is 0 Å². The first-order valence-electron chi connectivity index (χ1n) is 6.79. The Morgan fingerprint density at radius 1 is 1.42 bits per heavy atom. The van der Waals surface area contributed by atoms with Crippen molar-refractivity contribution >= 4 is 16.5 Å². The lowest BCUT2D eigenvalue weighted by atomic mass is 10.1. The summed E-state index contributed by atoms with van der Waals surface area (Å²) in [7, 11) is 1.74. The minimum Gasteiger partial charge on any atom is -0.383 e. The highest BCUT2D eigenvalue weighted by atomic mass is 32.1. The van der Waals surface area contributed by atoms with Crippen molar-refractivity contribution < 1.29 is 4.74 Å². The third-order valence-corrected chi connectivity index (χ3v) is 3.77. The fraction of sp³-hybridized carbons (Fsp3) is 0.786. The van der Waals surface area contributed by atoms with Gasteiger partial charge in [-0.15, -0.1) is 11.3 Å². The average Bonchev–Trinajstić information content (AvgIpc) is 2.74. The predicted octanol–water partition coefficient (Wildman–Crippen LogP) is 2.89. The largest absolute Gasteiger partial charge is 0.383 e. The SMILES string of the molecule is COCCN(c1ncc(CNC(C)(C)C)s1)C(C)C. The molecule has 0 saturated carbocycles. The summed E-state index contributed by atoms with van der Waals surface area (Å²) in [4.78, 5) is 8.10. The van der Waals surface area contributed by atoms with Gasteiger partial charge in [0.15, 0.2) is 5.13 Å². The maximum absolute atomic E-state index is 5.17. The van der Waals surface area contributed by atoms with Crippen LogP contribution < -0.4 is 10.2 Å². The van der Waals surface area contributed by atoms with Gasteiger partial charge in [0.2, 0.25) is 0 Å². The van der Waals surface area contributed by atoms with Crippen LogP contribution in [0.4, 0.5) is 5.13 Å². The molecule has 1 heterocycles. The van der Waals surface area contributed by atoms with Crippen molar-refractivity contribution in [1.29, 1.82) is 0 Å². The number of aromatic nitrogens is 1. The topological polar surface area (TPSA) is 37.4 Å². The van der Waals surface area contributed by atoms with Gasteiger partial charge in [-0.3, -0.25) is 0 Å². The van der Waals surface area contributed by atoms with Crippen LogP contribution in [0.25, 0.3) is 0 Å². The number of hydrogen-bond acceptors (Lipinski definition) is 5. The number of thiazole rings is 1. The Balaban J connectivity index is 2.65. The molecular weight excluding hydrogens is 258 g/mol. The first-order valence-corrected chi connectivity index (χ1v) is 7.60. The summed E-state index contributed by atoms with van der Waals surface area (Å²) < 4.78 is 5.17. The average molecular weight is 285 g/mol. The van der Waals surface area contributed by atoms with Gasteiger partial charge in [0.25, 0.3) is 0 Å². The fourth-order valence-electron chi connectivity index (χ4n) is 1.63. The lowest BCUT2D eigenvalue weighted by molar-refractivity contribution is 0.204. The highest BCUT2D eigenvalue weighted by molar-refractivity contribution is 7.15. The van der Waals surface area contributed by atoms with Crippen molar-refractivity contribution in [1.82, 2.24) is 10.3 Å². The highest BCUT2D eigenvalue weighted by Crippen LogP contribution is 2.24. The molecule has 0 atom stereocenters. The van der Waals surface area contributed by atoms with Crippen LogP contribution in [-0.4, -0.2) is 36.8 Å². The van der Waals surface area contributed by atoms with E-state index in [1.165, 1.54) is 4.88 Å². The van der Waals surface area contributed by atoms with Crippen molar-refractivity contribution in [3.63, 3.8) is 0 Å². The maximum atomic E-state index is 5.17. The summed E-state index contributed by atoms with van der Waals surface area (Å²) in [5.41, 5.74) is 0.137. The van der Waals surface area contributed by atoms with Gasteiger partial charge >= 0.3 is 0 Å². The Kier molecular flexibility index (Phi) is 6.23. The van der Waals surface area contributed by atoms with Crippen LogP contribution >= 0.6 is 11.3 Å². The number of rotatable bonds is 7. The summed E-state index contributed by atoms with van der Waals surface area (Å²) in [6.45, 7) is 13.4. The third kappa shape index (κ3) is 5.89. The van der Waals surface area contributed by atoms with Crippen LogP contribution in [0.2, 0.25) is 0 Å². The summed E-state index contributed by atoms with van der Waals surface area (Å²) >= 11 is 1.76. The fourth-order valence-corrected chi connectivity index (χ4v) is 2.64. The zero-order chi connectivity index (χ0) is 14.5. The van der Waals surface area contributed by atoms with Crippen molar-refractivity contribution in [3.05, 3.63) is 11.1 Å². The van der Waals surface area contributed by atoms with Crippen LogP contribution in [0, 0.1) is 0 Å². The van der Waals surface area contributed by atoms with E-state index in [1.54, 1.807) is 18.4 Å². The van der Waals surface area contributed by atoms with E-state index < -0.39 is 0 Å². The van der Waals surface area contributed by atoms with Gasteiger partial charge in [0, 0.05) is 42.9 Å². The molecule has 0 amide bonds. The van der Waals surface area contributed by atoms with Crippen molar-refractivity contribution in [2.45, 2.75) is 52.7 Å². The van der Waals surface area contributed by atoms with Gasteiger partial charge in [-0.05, 0) is 34.6 Å². The summed E-state index contributed by atoms with van der Waals surface area (Å²) in [6.07, 6.45) is 1.97. The summed E-state index contributed by atoms with van der Waals surface area (Å²) in [5, 5.41) is 4.57. The smallest absolute Gasteiger partial charge is 0.185 e. The minimum atomic E-state index is 0.137. The van der Waals surface area contributed by atoms with Crippen LogP contribution in [0.1, 0.15) is 39.5 Å². The van der Waals surface area contributed by atoms with Crippen molar-refractivity contribution in [3.8, 4) is 0 Å². The Labute approximate surface area is 121 Å². The molecule has 1 aromatic rings. The second kappa shape index (κ2) is 7.22. The molecule has 1 rings (SSSR count). The molecule has 0 aliphatic rings. The molecule has 0 radical (unpaired) electrons. The second-order valence-electron chi connectivity index (χ2n) is 5.99. The molecule has 4 nitrogen and oxygen atoms in total. The number of nitrogens with zero attached hydrogens (tertiary/aromatic N) is 2. The molecule has 0 aromatic carbocycles. The Morgan fingerprint density at radius 3 is 2.63 bits per heavy atom. The Hall–Kier alpha value is -0.650. The number of anilines is 1. The van der Waals surface area contributed by atoms with E-state index in [4.69, 9.17) is 4.74 Å². The minimum absolute atomic E-state index is 0.137. The molecule has 1 aromatic heterocycles. The van der Waals surface area contributed by atoms with E-state index in [9.17, 15) is 0 Å². The molecule has 0 spiro atoms. The number of hydrogen-bond donors (Lipinski definition) is 1. The molecular formula is C14H27N3OS. The van der Waals surface area contributed by atoms with E-state index in [2.05, 4.69) is 49.8 Å². The maximum Gasteiger partial charge on any atom is 0.185 e. The van der Waals surface area contributed by atoms with Crippen LogP contribution in [0.5, 0.6) is 0 Å². The molecule has 0 bridgehead atoms. The molecule has 0 fully saturated rings. The number of methoxy groups -OCH3 is 1. The lowest BCUT2D eigenvalue weighted by Gasteiger charge is -2.25. The third-order valence-electron chi connectivity index (χ3n) is 2.74. The number of ether oxygens (including phenoxy) is 1. The summed E-state index contributed by atoms with van der Waals surface area (Å²) in [6, 6.07) is 0.435. The van der Waals surface area contributed by atoms with E-state index in [0.29, 0.717) is 6.04 Å². The molecule has 110 valence electrons. The molecule has 0 unspecified atom stereocenters. The predicted molar refractivity (Wildman–Crippen MR) is 83.1 cm³/mol. The van der Waals surface area contributed by atoms with Gasteiger partial charge < -0.3 is 15.0 Å². The van der Waals surface area contributed by atoms with E-state index in [-0.39, 0.29) is 5.54 Å². The van der Waals surface area contributed by atoms with Gasteiger partial charge in [0.05, 0.1) is 6.61 Å².